The summed E-state index contributed by atoms with van der Waals surface area (Å²) in [5.41, 5.74) is 0.369. The molecule has 0 aliphatic rings. The monoisotopic (exact) mass is 158 g/mol. The van der Waals surface area contributed by atoms with Crippen molar-refractivity contribution < 1.29 is 4.74 Å². The Morgan fingerprint density at radius 1 is 1.18 bits per heavy atom. The molecule has 1 nitrogen and oxygen atoms in total. The third kappa shape index (κ3) is 6.36. The summed E-state index contributed by atoms with van der Waals surface area (Å²) in [6.45, 7) is 10.7. The van der Waals surface area contributed by atoms with Crippen LogP contribution in [-0.2, 0) is 4.74 Å². The van der Waals surface area contributed by atoms with Crippen molar-refractivity contribution in [2.75, 3.05) is 13.2 Å². The van der Waals surface area contributed by atoms with E-state index in [1.807, 2.05) is 0 Å². The van der Waals surface area contributed by atoms with Crippen LogP contribution in [0.3, 0.4) is 0 Å². The second kappa shape index (κ2) is 5.59. The number of ether oxygens (including phenoxy) is 1. The molecule has 0 aromatic heterocycles. The molecule has 0 aromatic rings. The van der Waals surface area contributed by atoms with Crippen LogP contribution in [0.15, 0.2) is 0 Å². The van der Waals surface area contributed by atoms with Gasteiger partial charge in [-0.1, -0.05) is 34.1 Å². The van der Waals surface area contributed by atoms with E-state index in [1.165, 1.54) is 19.3 Å². The lowest BCUT2D eigenvalue weighted by molar-refractivity contribution is 0.0587. The lowest BCUT2D eigenvalue weighted by atomic mass is 9.92. The predicted octanol–water partition coefficient (Wildman–Crippen LogP) is 3.24. The molecule has 1 heteroatoms. The smallest absolute Gasteiger partial charge is 0.0517 e. The van der Waals surface area contributed by atoms with Crippen LogP contribution in [0.2, 0.25) is 0 Å². The van der Waals surface area contributed by atoms with E-state index < -0.39 is 0 Å². The number of hydrogen-bond acceptors (Lipinski definition) is 1. The fourth-order valence-electron chi connectivity index (χ4n) is 0.697. The zero-order chi connectivity index (χ0) is 8.74. The molecule has 0 saturated heterocycles. The quantitative estimate of drug-likeness (QED) is 0.539. The standard InChI is InChI=1S/C10H22O/c1-5-7-8-11-9-10(3,4)6-2/h5-9H2,1-4H3. The van der Waals surface area contributed by atoms with Gasteiger partial charge in [0.05, 0.1) is 6.61 Å². The molecular weight excluding hydrogens is 136 g/mol. The van der Waals surface area contributed by atoms with Gasteiger partial charge in [-0.25, -0.2) is 0 Å². The summed E-state index contributed by atoms with van der Waals surface area (Å²) in [5, 5.41) is 0. The maximum absolute atomic E-state index is 5.53. The van der Waals surface area contributed by atoms with Crippen molar-refractivity contribution >= 4 is 0 Å². The number of unbranched alkanes of at least 4 members (excludes halogenated alkanes) is 1. The first kappa shape index (κ1) is 11.0. The van der Waals surface area contributed by atoms with Gasteiger partial charge in [-0.05, 0) is 18.3 Å². The van der Waals surface area contributed by atoms with Crippen molar-refractivity contribution in [3.05, 3.63) is 0 Å². The summed E-state index contributed by atoms with van der Waals surface area (Å²) in [4.78, 5) is 0. The van der Waals surface area contributed by atoms with E-state index in [0.29, 0.717) is 5.41 Å². The summed E-state index contributed by atoms with van der Waals surface area (Å²) in [6.07, 6.45) is 3.62. The highest BCUT2D eigenvalue weighted by molar-refractivity contribution is 4.64. The zero-order valence-electron chi connectivity index (χ0n) is 8.44. The Hall–Kier alpha value is -0.0400. The molecule has 0 amide bonds. The van der Waals surface area contributed by atoms with Crippen molar-refractivity contribution in [1.29, 1.82) is 0 Å². The van der Waals surface area contributed by atoms with Gasteiger partial charge in [0.2, 0.25) is 0 Å². The van der Waals surface area contributed by atoms with Crippen LogP contribution in [0.1, 0.15) is 47.0 Å². The van der Waals surface area contributed by atoms with Crippen molar-refractivity contribution in [1.82, 2.24) is 0 Å². The molecule has 0 spiro atoms. The van der Waals surface area contributed by atoms with Crippen LogP contribution in [-0.4, -0.2) is 13.2 Å². The van der Waals surface area contributed by atoms with Gasteiger partial charge in [0.15, 0.2) is 0 Å². The van der Waals surface area contributed by atoms with Gasteiger partial charge in [0, 0.05) is 6.61 Å². The van der Waals surface area contributed by atoms with E-state index in [1.54, 1.807) is 0 Å². The van der Waals surface area contributed by atoms with E-state index in [9.17, 15) is 0 Å². The van der Waals surface area contributed by atoms with E-state index in [-0.39, 0.29) is 0 Å². The summed E-state index contributed by atoms with van der Waals surface area (Å²) in [6, 6.07) is 0. The Kier molecular flexibility index (Phi) is 5.57. The van der Waals surface area contributed by atoms with Crippen molar-refractivity contribution in [2.45, 2.75) is 47.0 Å². The van der Waals surface area contributed by atoms with Gasteiger partial charge in [0.25, 0.3) is 0 Å². The van der Waals surface area contributed by atoms with Crippen LogP contribution in [0, 0.1) is 5.41 Å². The summed E-state index contributed by atoms with van der Waals surface area (Å²) >= 11 is 0. The second-order valence-corrected chi connectivity index (χ2v) is 3.92. The third-order valence-electron chi connectivity index (χ3n) is 2.09. The van der Waals surface area contributed by atoms with Gasteiger partial charge in [0.1, 0.15) is 0 Å². The van der Waals surface area contributed by atoms with Crippen LogP contribution in [0.5, 0.6) is 0 Å². The molecule has 0 aromatic carbocycles. The topological polar surface area (TPSA) is 9.23 Å². The van der Waals surface area contributed by atoms with Crippen molar-refractivity contribution in [3.63, 3.8) is 0 Å². The number of hydrogen-bond donors (Lipinski definition) is 0. The van der Waals surface area contributed by atoms with Gasteiger partial charge in [-0.2, -0.15) is 0 Å². The van der Waals surface area contributed by atoms with Gasteiger partial charge < -0.3 is 4.74 Å². The van der Waals surface area contributed by atoms with E-state index >= 15 is 0 Å². The summed E-state index contributed by atoms with van der Waals surface area (Å²) in [5.74, 6) is 0. The molecule has 0 fully saturated rings. The minimum Gasteiger partial charge on any atom is -0.381 e. The molecule has 0 heterocycles. The summed E-state index contributed by atoms with van der Waals surface area (Å²) < 4.78 is 5.53. The molecule has 0 atom stereocenters. The first-order chi connectivity index (χ1) is 5.12. The van der Waals surface area contributed by atoms with E-state index in [2.05, 4.69) is 27.7 Å². The highest BCUT2D eigenvalue weighted by Gasteiger charge is 2.14. The molecule has 0 aliphatic heterocycles. The molecule has 11 heavy (non-hydrogen) atoms. The first-order valence-electron chi connectivity index (χ1n) is 4.70. The molecule has 0 aliphatic carbocycles. The second-order valence-electron chi connectivity index (χ2n) is 3.92. The Morgan fingerprint density at radius 2 is 1.82 bits per heavy atom. The molecule has 0 radical (unpaired) electrons. The lowest BCUT2D eigenvalue weighted by Gasteiger charge is -2.21. The largest absolute Gasteiger partial charge is 0.381 e. The minimum absolute atomic E-state index is 0.369. The van der Waals surface area contributed by atoms with Crippen LogP contribution >= 0.6 is 0 Å². The number of rotatable bonds is 6. The van der Waals surface area contributed by atoms with Gasteiger partial charge >= 0.3 is 0 Å². The van der Waals surface area contributed by atoms with Gasteiger partial charge in [-0.15, -0.1) is 0 Å². The minimum atomic E-state index is 0.369. The van der Waals surface area contributed by atoms with Crippen LogP contribution < -0.4 is 0 Å². The lowest BCUT2D eigenvalue weighted by Crippen LogP contribution is -2.18. The fourth-order valence-corrected chi connectivity index (χ4v) is 0.697. The molecule has 0 N–H and O–H groups in total. The molecule has 0 saturated carbocycles. The van der Waals surface area contributed by atoms with E-state index in [4.69, 9.17) is 4.74 Å². The third-order valence-corrected chi connectivity index (χ3v) is 2.09. The molecule has 68 valence electrons. The van der Waals surface area contributed by atoms with Crippen LogP contribution in [0.25, 0.3) is 0 Å². The Balaban J connectivity index is 3.23. The predicted molar refractivity (Wildman–Crippen MR) is 49.8 cm³/mol. The maximum Gasteiger partial charge on any atom is 0.0517 e. The molecule has 0 bridgehead atoms. The average Bonchev–Trinajstić information content (AvgIpc) is 1.99. The molecular formula is C10H22O. The molecule has 0 unspecified atom stereocenters. The maximum atomic E-state index is 5.53. The van der Waals surface area contributed by atoms with Gasteiger partial charge in [-0.3, -0.25) is 0 Å². The van der Waals surface area contributed by atoms with E-state index in [0.717, 1.165) is 13.2 Å². The first-order valence-corrected chi connectivity index (χ1v) is 4.70. The Labute approximate surface area is 71.1 Å². The normalized spacial score (nSPS) is 12.0. The average molecular weight is 158 g/mol. The summed E-state index contributed by atoms with van der Waals surface area (Å²) in [7, 11) is 0. The molecule has 0 rings (SSSR count). The fraction of sp³-hybridized carbons (Fsp3) is 1.00. The Bertz CT molecular complexity index is 86.9. The highest BCUT2D eigenvalue weighted by atomic mass is 16.5. The zero-order valence-corrected chi connectivity index (χ0v) is 8.44. The highest BCUT2D eigenvalue weighted by Crippen LogP contribution is 2.19. The van der Waals surface area contributed by atoms with Crippen LogP contribution in [0.4, 0.5) is 0 Å². The Morgan fingerprint density at radius 3 is 2.27 bits per heavy atom. The van der Waals surface area contributed by atoms with Crippen molar-refractivity contribution in [2.24, 2.45) is 5.41 Å². The van der Waals surface area contributed by atoms with Crippen molar-refractivity contribution in [3.8, 4) is 0 Å². The SMILES string of the molecule is CCCCOCC(C)(C)CC.